The van der Waals surface area contributed by atoms with Gasteiger partial charge in [-0.1, -0.05) is 23.9 Å². The van der Waals surface area contributed by atoms with Crippen LogP contribution in [0.3, 0.4) is 0 Å². The van der Waals surface area contributed by atoms with Crippen molar-refractivity contribution in [3.8, 4) is 0 Å². The largest absolute Gasteiger partial charge is 0.372 e. The number of imidazole rings is 1. The first-order chi connectivity index (χ1) is 13.2. The molecule has 0 saturated carbocycles. The molecule has 5 nitrogen and oxygen atoms in total. The second-order valence-electron chi connectivity index (χ2n) is 6.87. The lowest BCUT2D eigenvalue weighted by atomic mass is 10.1. The van der Waals surface area contributed by atoms with Gasteiger partial charge in [0.1, 0.15) is 0 Å². The van der Waals surface area contributed by atoms with Crippen LogP contribution in [0.15, 0.2) is 53.7 Å². The topological polar surface area (TPSA) is 50.2 Å². The molecule has 1 amide bonds. The van der Waals surface area contributed by atoms with Gasteiger partial charge in [-0.2, -0.15) is 0 Å². The summed E-state index contributed by atoms with van der Waals surface area (Å²) in [7, 11) is 1.98. The van der Waals surface area contributed by atoms with E-state index in [1.807, 2.05) is 48.0 Å². The Labute approximate surface area is 163 Å². The molecule has 0 radical (unpaired) electrons. The molecule has 1 fully saturated rings. The summed E-state index contributed by atoms with van der Waals surface area (Å²) in [5.41, 5.74) is 4.11. The number of aromatic nitrogens is 2. The first kappa shape index (κ1) is 17.9. The molecule has 1 aromatic heterocycles. The van der Waals surface area contributed by atoms with E-state index in [1.54, 1.807) is 0 Å². The van der Waals surface area contributed by atoms with E-state index in [0.29, 0.717) is 5.75 Å². The molecule has 1 aliphatic heterocycles. The number of carbonyl (C=O) groups is 1. The van der Waals surface area contributed by atoms with Crippen molar-refractivity contribution in [2.75, 3.05) is 29.1 Å². The van der Waals surface area contributed by atoms with Gasteiger partial charge in [-0.15, -0.1) is 0 Å². The third kappa shape index (κ3) is 4.11. The molecule has 2 heterocycles. The number of hydrogen-bond acceptors (Lipinski definition) is 4. The number of benzene rings is 2. The average Bonchev–Trinajstić information content (AvgIpc) is 3.04. The van der Waals surface area contributed by atoms with Crippen molar-refractivity contribution in [2.45, 2.75) is 24.4 Å². The smallest absolute Gasteiger partial charge is 0.234 e. The highest BCUT2D eigenvalue weighted by molar-refractivity contribution is 7.99. The van der Waals surface area contributed by atoms with Crippen LogP contribution in [0.2, 0.25) is 0 Å². The van der Waals surface area contributed by atoms with Crippen molar-refractivity contribution in [2.24, 2.45) is 7.05 Å². The lowest BCUT2D eigenvalue weighted by Gasteiger charge is -2.28. The molecule has 0 spiro atoms. The lowest BCUT2D eigenvalue weighted by Crippen LogP contribution is -2.29. The maximum Gasteiger partial charge on any atom is 0.234 e. The van der Waals surface area contributed by atoms with E-state index in [-0.39, 0.29) is 5.91 Å². The number of fused-ring (bicyclic) bond motifs is 1. The standard InChI is InChI=1S/C21H24N4OS/c1-24-19-8-4-3-7-18(19)23-21(24)27-15-20(26)22-16-9-11-17(12-10-16)25-13-5-2-6-14-25/h3-4,7-12H,2,5-6,13-15H2,1H3,(H,22,26). The minimum atomic E-state index is -0.0159. The minimum absolute atomic E-state index is 0.0159. The number of para-hydroxylation sites is 2. The Hall–Kier alpha value is -2.47. The third-order valence-corrected chi connectivity index (χ3v) is 5.98. The Morgan fingerprint density at radius 2 is 1.81 bits per heavy atom. The molecule has 4 rings (SSSR count). The van der Waals surface area contributed by atoms with Crippen LogP contribution in [-0.2, 0) is 11.8 Å². The van der Waals surface area contributed by atoms with E-state index < -0.39 is 0 Å². The van der Waals surface area contributed by atoms with Gasteiger partial charge in [-0.25, -0.2) is 4.98 Å². The predicted molar refractivity (Wildman–Crippen MR) is 113 cm³/mol. The summed E-state index contributed by atoms with van der Waals surface area (Å²) in [6, 6.07) is 16.2. The first-order valence-electron chi connectivity index (χ1n) is 9.40. The van der Waals surface area contributed by atoms with Gasteiger partial charge in [-0.3, -0.25) is 4.79 Å². The summed E-state index contributed by atoms with van der Waals surface area (Å²) >= 11 is 1.46. The van der Waals surface area contributed by atoms with Crippen LogP contribution in [-0.4, -0.2) is 34.3 Å². The number of piperidine rings is 1. The van der Waals surface area contributed by atoms with Crippen LogP contribution < -0.4 is 10.2 Å². The van der Waals surface area contributed by atoms with Crippen LogP contribution in [0.4, 0.5) is 11.4 Å². The number of rotatable bonds is 5. The van der Waals surface area contributed by atoms with Crippen molar-refractivity contribution in [1.29, 1.82) is 0 Å². The van der Waals surface area contributed by atoms with Gasteiger partial charge in [0.15, 0.2) is 5.16 Å². The summed E-state index contributed by atoms with van der Waals surface area (Å²) in [6.07, 6.45) is 3.85. The molecule has 0 bridgehead atoms. The van der Waals surface area contributed by atoms with Gasteiger partial charge >= 0.3 is 0 Å². The Bertz CT molecular complexity index is 929. The number of nitrogens with zero attached hydrogens (tertiary/aromatic N) is 3. The first-order valence-corrected chi connectivity index (χ1v) is 10.4. The van der Waals surface area contributed by atoms with Gasteiger partial charge in [0.25, 0.3) is 0 Å². The molecule has 0 atom stereocenters. The number of hydrogen-bond donors (Lipinski definition) is 1. The molecular formula is C21H24N4OS. The van der Waals surface area contributed by atoms with Gasteiger partial charge in [0, 0.05) is 31.5 Å². The molecule has 1 N–H and O–H groups in total. The lowest BCUT2D eigenvalue weighted by molar-refractivity contribution is -0.113. The zero-order valence-corrected chi connectivity index (χ0v) is 16.3. The molecule has 2 aromatic carbocycles. The van der Waals surface area contributed by atoms with Crippen molar-refractivity contribution >= 4 is 40.1 Å². The van der Waals surface area contributed by atoms with E-state index in [2.05, 4.69) is 27.3 Å². The Balaban J connectivity index is 1.34. The van der Waals surface area contributed by atoms with Gasteiger partial charge < -0.3 is 14.8 Å². The van der Waals surface area contributed by atoms with E-state index >= 15 is 0 Å². The Morgan fingerprint density at radius 3 is 2.56 bits per heavy atom. The summed E-state index contributed by atoms with van der Waals surface area (Å²) < 4.78 is 2.03. The highest BCUT2D eigenvalue weighted by Crippen LogP contribution is 2.24. The molecule has 1 saturated heterocycles. The average molecular weight is 381 g/mol. The molecule has 0 unspecified atom stereocenters. The van der Waals surface area contributed by atoms with Crippen LogP contribution in [0.25, 0.3) is 11.0 Å². The number of aryl methyl sites for hydroxylation is 1. The van der Waals surface area contributed by atoms with Gasteiger partial charge in [0.05, 0.1) is 16.8 Å². The van der Waals surface area contributed by atoms with E-state index in [4.69, 9.17) is 0 Å². The normalized spacial score (nSPS) is 14.5. The second-order valence-corrected chi connectivity index (χ2v) is 7.82. The molecule has 3 aromatic rings. The number of thioether (sulfide) groups is 1. The third-order valence-electron chi connectivity index (χ3n) is 4.95. The Kier molecular flexibility index (Phi) is 5.34. The monoisotopic (exact) mass is 380 g/mol. The zero-order valence-electron chi connectivity index (χ0n) is 15.5. The highest BCUT2D eigenvalue weighted by Gasteiger charge is 2.12. The fourth-order valence-corrected chi connectivity index (χ4v) is 4.27. The van der Waals surface area contributed by atoms with Crippen molar-refractivity contribution in [3.05, 3.63) is 48.5 Å². The molecule has 6 heteroatoms. The van der Waals surface area contributed by atoms with Crippen LogP contribution in [0, 0.1) is 0 Å². The minimum Gasteiger partial charge on any atom is -0.372 e. The van der Waals surface area contributed by atoms with E-state index in [0.717, 1.165) is 35.0 Å². The van der Waals surface area contributed by atoms with Crippen LogP contribution in [0.5, 0.6) is 0 Å². The summed E-state index contributed by atoms with van der Waals surface area (Å²) in [6.45, 7) is 2.25. The van der Waals surface area contributed by atoms with Crippen molar-refractivity contribution < 1.29 is 4.79 Å². The van der Waals surface area contributed by atoms with Gasteiger partial charge in [-0.05, 0) is 55.7 Å². The zero-order chi connectivity index (χ0) is 18.6. The van der Waals surface area contributed by atoms with Crippen LogP contribution in [0.1, 0.15) is 19.3 Å². The number of amides is 1. The molecule has 140 valence electrons. The number of carbonyl (C=O) groups excluding carboxylic acids is 1. The maximum atomic E-state index is 12.3. The molecule has 27 heavy (non-hydrogen) atoms. The van der Waals surface area contributed by atoms with E-state index in [9.17, 15) is 4.79 Å². The van der Waals surface area contributed by atoms with Gasteiger partial charge in [0.2, 0.25) is 5.91 Å². The van der Waals surface area contributed by atoms with Crippen LogP contribution >= 0.6 is 11.8 Å². The maximum absolute atomic E-state index is 12.3. The van der Waals surface area contributed by atoms with E-state index in [1.165, 1.54) is 36.7 Å². The fourth-order valence-electron chi connectivity index (χ4n) is 3.49. The molecule has 1 aliphatic rings. The van der Waals surface area contributed by atoms with Crippen molar-refractivity contribution in [3.63, 3.8) is 0 Å². The fraction of sp³-hybridized carbons (Fsp3) is 0.333. The second kappa shape index (κ2) is 8.05. The quantitative estimate of drug-likeness (QED) is 0.671. The SMILES string of the molecule is Cn1c(SCC(=O)Nc2ccc(N3CCCCC3)cc2)nc2ccccc21. The summed E-state index contributed by atoms with van der Waals surface area (Å²) in [4.78, 5) is 19.3. The number of nitrogens with one attached hydrogen (secondary N) is 1. The summed E-state index contributed by atoms with van der Waals surface area (Å²) in [5, 5.41) is 3.83. The van der Waals surface area contributed by atoms with Crippen molar-refractivity contribution in [1.82, 2.24) is 9.55 Å². The molecular weight excluding hydrogens is 356 g/mol. The number of anilines is 2. The molecule has 0 aliphatic carbocycles. The Morgan fingerprint density at radius 1 is 1.07 bits per heavy atom. The summed E-state index contributed by atoms with van der Waals surface area (Å²) in [5.74, 6) is 0.322. The highest BCUT2D eigenvalue weighted by atomic mass is 32.2. The predicted octanol–water partition coefficient (Wildman–Crippen LogP) is 4.29.